The highest BCUT2D eigenvalue weighted by Crippen LogP contribution is 2.27. The zero-order valence-electron chi connectivity index (χ0n) is 18.4. The molecule has 1 unspecified atom stereocenters. The molecule has 5 rings (SSSR count). The monoisotopic (exact) mass is 465 g/mol. The minimum atomic E-state index is -0.662. The number of nitrogens with one attached hydrogen (secondary N) is 2. The molecule has 0 spiro atoms. The summed E-state index contributed by atoms with van der Waals surface area (Å²) in [6.45, 7) is 2.32. The topological polar surface area (TPSA) is 108 Å². The van der Waals surface area contributed by atoms with Gasteiger partial charge in [-0.1, -0.05) is 12.1 Å². The van der Waals surface area contributed by atoms with Crippen LogP contribution >= 0.6 is 0 Å². The summed E-state index contributed by atoms with van der Waals surface area (Å²) in [6, 6.07) is 10.6. The van der Waals surface area contributed by atoms with Gasteiger partial charge in [-0.05, 0) is 49.7 Å². The van der Waals surface area contributed by atoms with Gasteiger partial charge >= 0.3 is 0 Å². The highest BCUT2D eigenvalue weighted by atomic mass is 19.1. The molecular weight excluding hydrogens is 441 g/mol. The average Bonchev–Trinajstić information content (AvgIpc) is 3.41. The Morgan fingerprint density at radius 1 is 1.03 bits per heavy atom. The zero-order valence-corrected chi connectivity index (χ0v) is 18.4. The molecule has 2 aliphatic heterocycles. The van der Waals surface area contributed by atoms with Gasteiger partial charge in [0.15, 0.2) is 0 Å². The van der Waals surface area contributed by atoms with Crippen molar-refractivity contribution in [3.05, 3.63) is 64.2 Å². The molecule has 2 aliphatic rings. The second-order valence-corrected chi connectivity index (χ2v) is 8.41. The maximum absolute atomic E-state index is 14.6. The van der Waals surface area contributed by atoms with Crippen LogP contribution in [0.25, 0.3) is 10.8 Å². The average molecular weight is 465 g/mol. The number of H-pyrrole nitrogens is 1. The first-order valence-electron chi connectivity index (χ1n) is 11.3. The van der Waals surface area contributed by atoms with E-state index in [1.807, 2.05) is 0 Å². The van der Waals surface area contributed by atoms with E-state index in [1.165, 1.54) is 18.2 Å². The fourth-order valence-corrected chi connectivity index (χ4v) is 4.43. The summed E-state index contributed by atoms with van der Waals surface area (Å²) in [5, 5.41) is 10.4. The number of fused-ring (bicyclic) bond motifs is 1. The van der Waals surface area contributed by atoms with Crippen LogP contribution in [0.1, 0.15) is 23.2 Å². The summed E-state index contributed by atoms with van der Waals surface area (Å²) in [5.41, 5.74) is -0.470. The number of ether oxygens (including phenoxy) is 1. The molecule has 2 N–H and O–H groups in total. The lowest BCUT2D eigenvalue weighted by Crippen LogP contribution is -2.54. The molecule has 176 valence electrons. The van der Waals surface area contributed by atoms with Crippen molar-refractivity contribution in [1.82, 2.24) is 25.3 Å². The second kappa shape index (κ2) is 9.22. The predicted molar refractivity (Wildman–Crippen MR) is 122 cm³/mol. The molecular formula is C24H24FN5O4. The van der Waals surface area contributed by atoms with Gasteiger partial charge in [-0.15, -0.1) is 5.10 Å². The summed E-state index contributed by atoms with van der Waals surface area (Å²) in [6.07, 6.45) is 1.81. The molecule has 1 atom stereocenters. The number of rotatable bonds is 4. The summed E-state index contributed by atoms with van der Waals surface area (Å²) < 4.78 is 20.4. The number of nitrogens with zero attached hydrogens (tertiary/aromatic N) is 3. The van der Waals surface area contributed by atoms with E-state index < -0.39 is 11.7 Å². The van der Waals surface area contributed by atoms with Gasteiger partial charge in [0, 0.05) is 26.2 Å². The van der Waals surface area contributed by atoms with E-state index in [2.05, 4.69) is 15.5 Å². The third kappa shape index (κ3) is 4.24. The van der Waals surface area contributed by atoms with Crippen LogP contribution in [0.5, 0.6) is 11.6 Å². The quantitative estimate of drug-likeness (QED) is 0.609. The first-order valence-corrected chi connectivity index (χ1v) is 11.3. The normalized spacial score (nSPS) is 18.3. The third-order valence-corrected chi connectivity index (χ3v) is 6.28. The van der Waals surface area contributed by atoms with Crippen molar-refractivity contribution in [1.29, 1.82) is 0 Å². The molecule has 0 radical (unpaired) electrons. The van der Waals surface area contributed by atoms with E-state index in [0.717, 1.165) is 19.4 Å². The Balaban J connectivity index is 1.31. The minimum Gasteiger partial charge on any atom is -0.437 e. The molecule has 10 heteroatoms. The van der Waals surface area contributed by atoms with Crippen molar-refractivity contribution in [2.75, 3.05) is 32.7 Å². The predicted octanol–water partition coefficient (Wildman–Crippen LogP) is 1.89. The van der Waals surface area contributed by atoms with E-state index in [9.17, 15) is 18.8 Å². The molecule has 2 fully saturated rings. The SMILES string of the molecule is O=C(c1cc(Oc2n[nH]c(=O)c3ccccc23)ccc1F)N1CCN(C(=O)C2CCCN2)CC1. The number of carbonyl (C=O) groups is 2. The van der Waals surface area contributed by atoms with Crippen LogP contribution in [-0.2, 0) is 4.79 Å². The van der Waals surface area contributed by atoms with E-state index in [0.29, 0.717) is 37.0 Å². The number of aromatic nitrogens is 2. The molecule has 2 saturated heterocycles. The Hall–Kier alpha value is -3.79. The van der Waals surface area contributed by atoms with Crippen LogP contribution in [0.3, 0.4) is 0 Å². The summed E-state index contributed by atoms with van der Waals surface area (Å²) in [4.78, 5) is 40.9. The van der Waals surface area contributed by atoms with Gasteiger partial charge in [-0.2, -0.15) is 0 Å². The van der Waals surface area contributed by atoms with Crippen LogP contribution in [0, 0.1) is 5.82 Å². The number of benzene rings is 2. The molecule has 0 bridgehead atoms. The Kier molecular flexibility index (Phi) is 5.97. The van der Waals surface area contributed by atoms with Crippen molar-refractivity contribution in [2.45, 2.75) is 18.9 Å². The van der Waals surface area contributed by atoms with Crippen LogP contribution in [-0.4, -0.2) is 70.6 Å². The number of amides is 2. The molecule has 3 aromatic rings. The van der Waals surface area contributed by atoms with Crippen molar-refractivity contribution in [3.63, 3.8) is 0 Å². The number of carbonyl (C=O) groups excluding carboxylic acids is 2. The Bertz CT molecular complexity index is 1300. The Morgan fingerprint density at radius 2 is 1.76 bits per heavy atom. The lowest BCUT2D eigenvalue weighted by atomic mass is 10.1. The van der Waals surface area contributed by atoms with E-state index in [-0.39, 0.29) is 34.7 Å². The molecule has 0 aliphatic carbocycles. The van der Waals surface area contributed by atoms with Crippen LogP contribution in [0.15, 0.2) is 47.3 Å². The standard InChI is InChI=1S/C24H24FN5O4/c25-19-8-7-15(34-22-17-5-2-1-4-16(17)21(31)27-28-22)14-18(19)23(32)29-10-12-30(13-11-29)24(33)20-6-3-9-26-20/h1-2,4-5,7-8,14,20,26H,3,6,9-13H2,(H,27,31). The summed E-state index contributed by atoms with van der Waals surface area (Å²) in [5.74, 6) is -0.700. The van der Waals surface area contributed by atoms with Gasteiger partial charge in [0.25, 0.3) is 11.5 Å². The second-order valence-electron chi connectivity index (χ2n) is 8.41. The van der Waals surface area contributed by atoms with Crippen molar-refractivity contribution in [3.8, 4) is 11.6 Å². The first kappa shape index (κ1) is 22.0. The highest BCUT2D eigenvalue weighted by Gasteiger charge is 2.31. The van der Waals surface area contributed by atoms with Crippen LogP contribution in [0.4, 0.5) is 4.39 Å². The number of aromatic amines is 1. The van der Waals surface area contributed by atoms with Gasteiger partial charge in [-0.3, -0.25) is 14.4 Å². The van der Waals surface area contributed by atoms with Crippen LogP contribution < -0.4 is 15.6 Å². The largest absolute Gasteiger partial charge is 0.437 e. The van der Waals surface area contributed by atoms with Crippen molar-refractivity contribution >= 4 is 22.6 Å². The van der Waals surface area contributed by atoms with E-state index >= 15 is 0 Å². The third-order valence-electron chi connectivity index (χ3n) is 6.28. The Labute approximate surface area is 194 Å². The molecule has 9 nitrogen and oxygen atoms in total. The summed E-state index contributed by atoms with van der Waals surface area (Å²) in [7, 11) is 0. The number of piperazine rings is 1. The van der Waals surface area contributed by atoms with Gasteiger partial charge < -0.3 is 19.9 Å². The molecule has 2 aromatic carbocycles. The van der Waals surface area contributed by atoms with Gasteiger partial charge in [-0.25, -0.2) is 9.49 Å². The number of hydrogen-bond acceptors (Lipinski definition) is 6. The fraction of sp³-hybridized carbons (Fsp3) is 0.333. The van der Waals surface area contributed by atoms with Crippen molar-refractivity contribution in [2.24, 2.45) is 0 Å². The van der Waals surface area contributed by atoms with E-state index in [4.69, 9.17) is 4.74 Å². The molecule has 2 amide bonds. The lowest BCUT2D eigenvalue weighted by Gasteiger charge is -2.36. The van der Waals surface area contributed by atoms with Gasteiger partial charge in [0.1, 0.15) is 11.6 Å². The minimum absolute atomic E-state index is 0.0619. The first-order chi connectivity index (χ1) is 16.5. The number of hydrogen-bond donors (Lipinski definition) is 2. The molecule has 3 heterocycles. The highest BCUT2D eigenvalue weighted by molar-refractivity contribution is 5.95. The fourth-order valence-electron chi connectivity index (χ4n) is 4.43. The smallest absolute Gasteiger partial charge is 0.272 e. The molecule has 34 heavy (non-hydrogen) atoms. The maximum atomic E-state index is 14.6. The number of halogens is 1. The van der Waals surface area contributed by atoms with Gasteiger partial charge in [0.05, 0.1) is 22.4 Å². The lowest BCUT2D eigenvalue weighted by molar-refractivity contribution is -0.134. The molecule has 1 aromatic heterocycles. The summed E-state index contributed by atoms with van der Waals surface area (Å²) >= 11 is 0. The van der Waals surface area contributed by atoms with Crippen molar-refractivity contribution < 1.29 is 18.7 Å². The van der Waals surface area contributed by atoms with E-state index in [1.54, 1.807) is 34.1 Å². The van der Waals surface area contributed by atoms with Crippen LogP contribution in [0.2, 0.25) is 0 Å². The Morgan fingerprint density at radius 3 is 2.50 bits per heavy atom. The van der Waals surface area contributed by atoms with Gasteiger partial charge in [0.2, 0.25) is 11.8 Å². The maximum Gasteiger partial charge on any atom is 0.272 e. The zero-order chi connectivity index (χ0) is 23.7. The molecule has 0 saturated carbocycles.